The maximum Gasteiger partial charge on any atom is 0.150 e. The zero-order chi connectivity index (χ0) is 12.2. The standard InChI is InChI=1S/C11H20N2O2S/c1-3-16(14,15)9-5-8-13-7-4-6-11(13)10(2)12/h4,6-7,10H,3,5,8-9,12H2,1-2H3. The summed E-state index contributed by atoms with van der Waals surface area (Å²) >= 11 is 0. The van der Waals surface area contributed by atoms with Gasteiger partial charge >= 0.3 is 0 Å². The van der Waals surface area contributed by atoms with Gasteiger partial charge in [-0.05, 0) is 25.5 Å². The number of hydrogen-bond donors (Lipinski definition) is 1. The van der Waals surface area contributed by atoms with E-state index in [1.807, 2.05) is 29.8 Å². The summed E-state index contributed by atoms with van der Waals surface area (Å²) in [6.45, 7) is 4.32. The normalized spacial score (nSPS) is 13.9. The van der Waals surface area contributed by atoms with Crippen molar-refractivity contribution in [3.63, 3.8) is 0 Å². The quantitative estimate of drug-likeness (QED) is 0.821. The third kappa shape index (κ3) is 3.64. The molecule has 0 aromatic carbocycles. The largest absolute Gasteiger partial charge is 0.350 e. The third-order valence-electron chi connectivity index (χ3n) is 2.63. The molecule has 4 nitrogen and oxygen atoms in total. The van der Waals surface area contributed by atoms with E-state index in [4.69, 9.17) is 5.73 Å². The van der Waals surface area contributed by atoms with Gasteiger partial charge in [-0.1, -0.05) is 6.92 Å². The number of sulfone groups is 1. The first kappa shape index (κ1) is 13.3. The van der Waals surface area contributed by atoms with Gasteiger partial charge in [0, 0.05) is 30.2 Å². The molecule has 0 spiro atoms. The molecule has 1 aromatic heterocycles. The Labute approximate surface area is 97.4 Å². The molecule has 1 unspecified atom stereocenters. The Kier molecular flexibility index (Phi) is 4.56. The first-order valence-electron chi connectivity index (χ1n) is 5.57. The van der Waals surface area contributed by atoms with Crippen LogP contribution in [-0.2, 0) is 16.4 Å². The highest BCUT2D eigenvalue weighted by atomic mass is 32.2. The van der Waals surface area contributed by atoms with Crippen LogP contribution in [0.25, 0.3) is 0 Å². The molecule has 0 aliphatic rings. The van der Waals surface area contributed by atoms with Crippen LogP contribution in [-0.4, -0.2) is 24.5 Å². The molecule has 0 aliphatic heterocycles. The smallest absolute Gasteiger partial charge is 0.150 e. The molecule has 2 N–H and O–H groups in total. The highest BCUT2D eigenvalue weighted by Crippen LogP contribution is 2.11. The molecule has 1 rings (SSSR count). The Morgan fingerprint density at radius 2 is 2.19 bits per heavy atom. The minimum absolute atomic E-state index is 0.0159. The number of hydrogen-bond acceptors (Lipinski definition) is 3. The summed E-state index contributed by atoms with van der Waals surface area (Å²) in [6, 6.07) is 3.89. The van der Waals surface area contributed by atoms with Gasteiger partial charge in [-0.15, -0.1) is 0 Å². The van der Waals surface area contributed by atoms with Crippen LogP contribution in [0.3, 0.4) is 0 Å². The van der Waals surface area contributed by atoms with Crippen molar-refractivity contribution < 1.29 is 8.42 Å². The summed E-state index contributed by atoms with van der Waals surface area (Å²) in [4.78, 5) is 0. The monoisotopic (exact) mass is 244 g/mol. The lowest BCUT2D eigenvalue weighted by molar-refractivity contribution is 0.580. The molecule has 0 bridgehead atoms. The van der Waals surface area contributed by atoms with Crippen molar-refractivity contribution in [2.45, 2.75) is 32.9 Å². The van der Waals surface area contributed by atoms with E-state index in [1.54, 1.807) is 6.92 Å². The molecule has 0 saturated carbocycles. The van der Waals surface area contributed by atoms with Gasteiger partial charge in [0.15, 0.2) is 0 Å². The van der Waals surface area contributed by atoms with Crippen molar-refractivity contribution in [1.29, 1.82) is 0 Å². The zero-order valence-corrected chi connectivity index (χ0v) is 10.7. The summed E-state index contributed by atoms with van der Waals surface area (Å²) in [5.41, 5.74) is 6.85. The third-order valence-corrected chi connectivity index (χ3v) is 4.42. The Hall–Kier alpha value is -0.810. The minimum atomic E-state index is -2.85. The lowest BCUT2D eigenvalue weighted by Crippen LogP contribution is -2.15. The van der Waals surface area contributed by atoms with Gasteiger partial charge in [0.25, 0.3) is 0 Å². The molecule has 16 heavy (non-hydrogen) atoms. The fourth-order valence-electron chi connectivity index (χ4n) is 1.64. The van der Waals surface area contributed by atoms with Gasteiger partial charge in [0.2, 0.25) is 0 Å². The van der Waals surface area contributed by atoms with Crippen LogP contribution in [0.5, 0.6) is 0 Å². The van der Waals surface area contributed by atoms with Gasteiger partial charge < -0.3 is 10.3 Å². The molecule has 1 aromatic rings. The van der Waals surface area contributed by atoms with E-state index < -0.39 is 9.84 Å². The lowest BCUT2D eigenvalue weighted by atomic mass is 10.2. The van der Waals surface area contributed by atoms with Crippen LogP contribution in [0, 0.1) is 0 Å². The Morgan fingerprint density at radius 1 is 1.50 bits per heavy atom. The average Bonchev–Trinajstić information content (AvgIpc) is 2.66. The van der Waals surface area contributed by atoms with Gasteiger partial charge in [-0.3, -0.25) is 0 Å². The minimum Gasteiger partial charge on any atom is -0.350 e. The molecule has 0 fully saturated rings. The van der Waals surface area contributed by atoms with Crippen LogP contribution in [0.1, 0.15) is 32.0 Å². The fraction of sp³-hybridized carbons (Fsp3) is 0.636. The van der Waals surface area contributed by atoms with E-state index >= 15 is 0 Å². The second-order valence-corrected chi connectivity index (χ2v) is 6.48. The molecule has 0 amide bonds. The predicted molar refractivity (Wildman–Crippen MR) is 66.0 cm³/mol. The highest BCUT2D eigenvalue weighted by Gasteiger charge is 2.09. The predicted octanol–water partition coefficient (Wildman–Crippen LogP) is 1.33. The number of rotatable bonds is 6. The van der Waals surface area contributed by atoms with Crippen LogP contribution in [0.4, 0.5) is 0 Å². The molecule has 5 heteroatoms. The number of nitrogens with zero attached hydrogens (tertiary/aromatic N) is 1. The maximum atomic E-state index is 11.3. The lowest BCUT2D eigenvalue weighted by Gasteiger charge is -2.11. The summed E-state index contributed by atoms with van der Waals surface area (Å²) in [7, 11) is -2.85. The first-order chi connectivity index (χ1) is 7.46. The molecule has 1 atom stereocenters. The molecule has 92 valence electrons. The van der Waals surface area contributed by atoms with Crippen molar-refractivity contribution in [2.75, 3.05) is 11.5 Å². The SMILES string of the molecule is CCS(=O)(=O)CCCn1cccc1C(C)N. The number of nitrogens with two attached hydrogens (primary N) is 1. The van der Waals surface area contributed by atoms with Gasteiger partial charge in [0.1, 0.15) is 9.84 Å². The number of aryl methyl sites for hydroxylation is 1. The van der Waals surface area contributed by atoms with E-state index in [0.717, 1.165) is 5.69 Å². The van der Waals surface area contributed by atoms with Crippen molar-refractivity contribution >= 4 is 9.84 Å². The average molecular weight is 244 g/mol. The van der Waals surface area contributed by atoms with Crippen molar-refractivity contribution in [2.24, 2.45) is 5.73 Å². The van der Waals surface area contributed by atoms with Crippen LogP contribution in [0.15, 0.2) is 18.3 Å². The Bertz CT molecular complexity index is 421. The molecular formula is C11H20N2O2S. The maximum absolute atomic E-state index is 11.3. The van der Waals surface area contributed by atoms with Gasteiger partial charge in [0.05, 0.1) is 5.75 Å². The summed E-state index contributed by atoms with van der Waals surface area (Å²) in [5, 5.41) is 0. The zero-order valence-electron chi connectivity index (χ0n) is 9.89. The van der Waals surface area contributed by atoms with Gasteiger partial charge in [-0.25, -0.2) is 8.42 Å². The van der Waals surface area contributed by atoms with Crippen LogP contribution >= 0.6 is 0 Å². The molecule has 0 radical (unpaired) electrons. The van der Waals surface area contributed by atoms with E-state index in [-0.39, 0.29) is 17.5 Å². The Morgan fingerprint density at radius 3 is 2.75 bits per heavy atom. The fourth-order valence-corrected chi connectivity index (χ4v) is 2.50. The van der Waals surface area contributed by atoms with Crippen LogP contribution in [0.2, 0.25) is 0 Å². The van der Waals surface area contributed by atoms with Crippen molar-refractivity contribution in [1.82, 2.24) is 4.57 Å². The number of aromatic nitrogens is 1. The molecule has 1 heterocycles. The van der Waals surface area contributed by atoms with E-state index in [2.05, 4.69) is 0 Å². The molecular weight excluding hydrogens is 224 g/mol. The van der Waals surface area contributed by atoms with Crippen molar-refractivity contribution in [3.05, 3.63) is 24.0 Å². The molecule has 0 saturated heterocycles. The van der Waals surface area contributed by atoms with E-state index in [0.29, 0.717) is 13.0 Å². The van der Waals surface area contributed by atoms with E-state index in [1.165, 1.54) is 0 Å². The highest BCUT2D eigenvalue weighted by molar-refractivity contribution is 7.91. The summed E-state index contributed by atoms with van der Waals surface area (Å²) in [5.74, 6) is 0.471. The molecule has 0 aliphatic carbocycles. The van der Waals surface area contributed by atoms with E-state index in [9.17, 15) is 8.42 Å². The Balaban J connectivity index is 2.52. The first-order valence-corrected chi connectivity index (χ1v) is 7.39. The van der Waals surface area contributed by atoms with Crippen molar-refractivity contribution in [3.8, 4) is 0 Å². The van der Waals surface area contributed by atoms with Gasteiger partial charge in [-0.2, -0.15) is 0 Å². The second kappa shape index (κ2) is 5.50. The van der Waals surface area contributed by atoms with Crippen LogP contribution < -0.4 is 5.73 Å². The second-order valence-electron chi connectivity index (χ2n) is 4.01. The topological polar surface area (TPSA) is 65.1 Å². The summed E-state index contributed by atoms with van der Waals surface area (Å²) < 4.78 is 24.6. The summed E-state index contributed by atoms with van der Waals surface area (Å²) in [6.07, 6.45) is 2.59.